The van der Waals surface area contributed by atoms with E-state index in [1.54, 1.807) is 11.9 Å². The third kappa shape index (κ3) is 3.44. The summed E-state index contributed by atoms with van der Waals surface area (Å²) in [7, 11) is 1.71. The highest BCUT2D eigenvalue weighted by atomic mass is 16.6. The molecule has 0 bridgehead atoms. The van der Waals surface area contributed by atoms with E-state index >= 15 is 0 Å². The Morgan fingerprint density at radius 1 is 1.47 bits per heavy atom. The number of likely N-dealkylation sites (tertiary alicyclic amines) is 1. The van der Waals surface area contributed by atoms with Gasteiger partial charge in [-0.2, -0.15) is 0 Å². The smallest absolute Gasteiger partial charge is 0.353 e. The number of carboxylic acids is 1. The van der Waals surface area contributed by atoms with Crippen LogP contribution in [0.1, 0.15) is 19.3 Å². The van der Waals surface area contributed by atoms with Crippen molar-refractivity contribution in [2.75, 3.05) is 33.2 Å². The van der Waals surface area contributed by atoms with Crippen LogP contribution in [-0.2, 0) is 14.4 Å². The Morgan fingerprint density at radius 2 is 2.16 bits per heavy atom. The van der Waals surface area contributed by atoms with Crippen LogP contribution < -0.4 is 0 Å². The van der Waals surface area contributed by atoms with Gasteiger partial charge in [-0.15, -0.1) is 0 Å². The first-order valence-corrected chi connectivity index (χ1v) is 6.51. The quantitative estimate of drug-likeness (QED) is 0.745. The van der Waals surface area contributed by atoms with E-state index in [0.717, 1.165) is 19.6 Å². The molecule has 0 spiro atoms. The molecule has 2 heterocycles. The predicted octanol–water partition coefficient (Wildman–Crippen LogP) is -0.230. The third-order valence-electron chi connectivity index (χ3n) is 3.52. The lowest BCUT2D eigenvalue weighted by atomic mass is 10.1. The van der Waals surface area contributed by atoms with Gasteiger partial charge in [0.15, 0.2) is 5.71 Å². The van der Waals surface area contributed by atoms with E-state index < -0.39 is 12.1 Å². The van der Waals surface area contributed by atoms with Crippen molar-refractivity contribution in [1.82, 2.24) is 9.80 Å². The molecule has 1 unspecified atom stereocenters. The molecule has 0 aromatic rings. The Balaban J connectivity index is 1.75. The lowest BCUT2D eigenvalue weighted by Crippen LogP contribution is -2.41. The van der Waals surface area contributed by atoms with Crippen molar-refractivity contribution in [3.8, 4) is 0 Å². The minimum absolute atomic E-state index is 0.0439. The molecule has 0 saturated carbocycles. The summed E-state index contributed by atoms with van der Waals surface area (Å²) in [6, 6.07) is 0. The van der Waals surface area contributed by atoms with Crippen LogP contribution in [0, 0.1) is 0 Å². The van der Waals surface area contributed by atoms with Crippen molar-refractivity contribution >= 4 is 17.6 Å². The first kappa shape index (κ1) is 13.8. The molecule has 0 radical (unpaired) electrons. The minimum atomic E-state index is -1.13. The van der Waals surface area contributed by atoms with Crippen LogP contribution in [0.2, 0.25) is 0 Å². The summed E-state index contributed by atoms with van der Waals surface area (Å²) in [5.41, 5.74) is -0.0914. The number of carbonyl (C=O) groups is 2. The van der Waals surface area contributed by atoms with E-state index in [-0.39, 0.29) is 18.0 Å². The van der Waals surface area contributed by atoms with Gasteiger partial charge in [0.2, 0.25) is 6.10 Å². The maximum atomic E-state index is 12.0. The molecule has 1 N–H and O–H groups in total. The largest absolute Gasteiger partial charge is 0.477 e. The maximum absolute atomic E-state index is 12.0. The first-order chi connectivity index (χ1) is 9.08. The molecule has 0 aromatic heterocycles. The Hall–Kier alpha value is -1.63. The molecule has 1 amide bonds. The molecule has 0 aliphatic carbocycles. The van der Waals surface area contributed by atoms with Crippen LogP contribution in [0.25, 0.3) is 0 Å². The number of likely N-dealkylation sites (N-methyl/N-ethyl adjacent to an activating group) is 1. The Bertz CT molecular complexity index is 390. The highest BCUT2D eigenvalue weighted by Crippen LogP contribution is 2.13. The zero-order valence-corrected chi connectivity index (χ0v) is 11.0. The molecule has 2 aliphatic heterocycles. The van der Waals surface area contributed by atoms with Crippen LogP contribution in [0.5, 0.6) is 0 Å². The van der Waals surface area contributed by atoms with Gasteiger partial charge in [0.1, 0.15) is 0 Å². The van der Waals surface area contributed by atoms with Crippen LogP contribution in [0.3, 0.4) is 0 Å². The molecule has 19 heavy (non-hydrogen) atoms. The second-order valence-corrected chi connectivity index (χ2v) is 4.95. The fourth-order valence-corrected chi connectivity index (χ4v) is 2.29. The summed E-state index contributed by atoms with van der Waals surface area (Å²) in [4.78, 5) is 31.5. The normalized spacial score (nSPS) is 23.0. The molecular weight excluding hydrogens is 250 g/mol. The van der Waals surface area contributed by atoms with Crippen molar-refractivity contribution < 1.29 is 19.5 Å². The standard InChI is InChI=1S/C12H19N3O4/c1-14(6-7-15-4-2-3-5-15)11(16)10-8-9(12(17)18)13-19-10/h10H,2-8H2,1H3,(H,17,18). The summed E-state index contributed by atoms with van der Waals surface area (Å²) >= 11 is 0. The van der Waals surface area contributed by atoms with Gasteiger partial charge in [0.05, 0.1) is 0 Å². The van der Waals surface area contributed by atoms with Gasteiger partial charge < -0.3 is 19.7 Å². The number of hydrogen-bond acceptors (Lipinski definition) is 5. The second kappa shape index (κ2) is 6.01. The summed E-state index contributed by atoms with van der Waals surface area (Å²) in [5, 5.41) is 12.2. The molecule has 1 saturated heterocycles. The Kier molecular flexibility index (Phi) is 4.36. The van der Waals surface area contributed by atoms with Crippen molar-refractivity contribution in [1.29, 1.82) is 0 Å². The van der Waals surface area contributed by atoms with Crippen molar-refractivity contribution in [3.63, 3.8) is 0 Å². The number of nitrogens with zero attached hydrogens (tertiary/aromatic N) is 3. The lowest BCUT2D eigenvalue weighted by Gasteiger charge is -2.23. The average molecular weight is 269 g/mol. The molecule has 0 aromatic carbocycles. The summed E-state index contributed by atoms with van der Waals surface area (Å²) < 4.78 is 0. The third-order valence-corrected chi connectivity index (χ3v) is 3.52. The highest BCUT2D eigenvalue weighted by Gasteiger charge is 2.33. The van der Waals surface area contributed by atoms with E-state index in [4.69, 9.17) is 9.94 Å². The van der Waals surface area contributed by atoms with Gasteiger partial charge in [0, 0.05) is 26.6 Å². The van der Waals surface area contributed by atoms with Crippen molar-refractivity contribution in [2.24, 2.45) is 5.16 Å². The van der Waals surface area contributed by atoms with Gasteiger partial charge in [-0.05, 0) is 25.9 Å². The number of rotatable bonds is 5. The van der Waals surface area contributed by atoms with Gasteiger partial charge in [0.25, 0.3) is 5.91 Å². The number of aliphatic carboxylic acids is 1. The van der Waals surface area contributed by atoms with Crippen LogP contribution in [-0.4, -0.2) is 71.8 Å². The number of carboxylic acid groups (broad SMARTS) is 1. The van der Waals surface area contributed by atoms with E-state index in [1.165, 1.54) is 12.8 Å². The molecule has 106 valence electrons. The van der Waals surface area contributed by atoms with Gasteiger partial charge in [-0.1, -0.05) is 5.16 Å². The fourth-order valence-electron chi connectivity index (χ4n) is 2.29. The van der Waals surface area contributed by atoms with E-state index in [1.807, 2.05) is 0 Å². The molecule has 7 nitrogen and oxygen atoms in total. The zero-order chi connectivity index (χ0) is 13.8. The average Bonchev–Trinajstić information content (AvgIpc) is 3.05. The van der Waals surface area contributed by atoms with Crippen LogP contribution in [0.4, 0.5) is 0 Å². The predicted molar refractivity (Wildman–Crippen MR) is 67.9 cm³/mol. The van der Waals surface area contributed by atoms with Crippen LogP contribution in [0.15, 0.2) is 5.16 Å². The SMILES string of the molecule is CN(CCN1CCCC1)C(=O)C1CC(C(=O)O)=NO1. The maximum Gasteiger partial charge on any atom is 0.353 e. The summed E-state index contributed by atoms with van der Waals surface area (Å²) in [6.07, 6.45) is 1.70. The van der Waals surface area contributed by atoms with Gasteiger partial charge in [-0.25, -0.2) is 4.79 Å². The van der Waals surface area contributed by atoms with E-state index in [0.29, 0.717) is 6.54 Å². The topological polar surface area (TPSA) is 82.4 Å². The van der Waals surface area contributed by atoms with E-state index in [2.05, 4.69) is 10.1 Å². The molecule has 2 rings (SSSR count). The number of amides is 1. The zero-order valence-electron chi connectivity index (χ0n) is 11.0. The molecule has 1 atom stereocenters. The van der Waals surface area contributed by atoms with Gasteiger partial charge >= 0.3 is 5.97 Å². The van der Waals surface area contributed by atoms with Crippen molar-refractivity contribution in [2.45, 2.75) is 25.4 Å². The molecule has 1 fully saturated rings. The Labute approximate surface area is 111 Å². The van der Waals surface area contributed by atoms with Crippen LogP contribution >= 0.6 is 0 Å². The van der Waals surface area contributed by atoms with Gasteiger partial charge in [-0.3, -0.25) is 4.79 Å². The second-order valence-electron chi connectivity index (χ2n) is 4.95. The fraction of sp³-hybridized carbons (Fsp3) is 0.750. The minimum Gasteiger partial charge on any atom is -0.477 e. The number of hydrogen-bond donors (Lipinski definition) is 1. The monoisotopic (exact) mass is 269 g/mol. The summed E-state index contributed by atoms with van der Waals surface area (Å²) in [5.74, 6) is -1.34. The summed E-state index contributed by atoms with van der Waals surface area (Å²) in [6.45, 7) is 3.66. The lowest BCUT2D eigenvalue weighted by molar-refractivity contribution is -0.140. The number of carbonyl (C=O) groups excluding carboxylic acids is 1. The first-order valence-electron chi connectivity index (χ1n) is 6.51. The number of oxime groups is 1. The molecule has 2 aliphatic rings. The van der Waals surface area contributed by atoms with E-state index in [9.17, 15) is 9.59 Å². The highest BCUT2D eigenvalue weighted by molar-refractivity contribution is 6.36. The molecular formula is C12H19N3O4. The van der Waals surface area contributed by atoms with Crippen molar-refractivity contribution in [3.05, 3.63) is 0 Å². The molecule has 7 heteroatoms. The Morgan fingerprint density at radius 3 is 2.74 bits per heavy atom.